The maximum atomic E-state index is 11.7. The van der Waals surface area contributed by atoms with E-state index in [4.69, 9.17) is 9.47 Å². The van der Waals surface area contributed by atoms with E-state index in [-0.39, 0.29) is 6.10 Å². The molecule has 0 aliphatic heterocycles. The van der Waals surface area contributed by atoms with Crippen molar-refractivity contribution in [3.63, 3.8) is 0 Å². The molecule has 0 fully saturated rings. The molecular weight excluding hydrogens is 224 g/mol. The Balaban J connectivity index is 4.81. The van der Waals surface area contributed by atoms with Gasteiger partial charge in [0.1, 0.15) is 0 Å². The molecule has 0 aromatic rings. The molecule has 3 unspecified atom stereocenters. The van der Waals surface area contributed by atoms with Crippen molar-refractivity contribution >= 4 is 11.9 Å². The lowest BCUT2D eigenvalue weighted by molar-refractivity contribution is -0.164. The minimum atomic E-state index is -1.04. The van der Waals surface area contributed by atoms with Gasteiger partial charge < -0.3 is 14.6 Å². The molecule has 3 atom stereocenters. The second kappa shape index (κ2) is 7.27. The van der Waals surface area contributed by atoms with Gasteiger partial charge in [-0.2, -0.15) is 0 Å². The standard InChI is InChI=1S/C12H22O5/c1-6-9(16-5)10(11(13)14)8(4)12(15)17-7(2)3/h7-10H,6H2,1-5H3,(H,13,14). The Kier molecular flexibility index (Phi) is 6.80. The smallest absolute Gasteiger partial charge is 0.310 e. The second-order valence-electron chi connectivity index (χ2n) is 4.32. The van der Waals surface area contributed by atoms with Crippen LogP contribution in [0.5, 0.6) is 0 Å². The molecule has 0 radical (unpaired) electrons. The minimum absolute atomic E-state index is 0.248. The summed E-state index contributed by atoms with van der Waals surface area (Å²) in [4.78, 5) is 22.9. The number of carbonyl (C=O) groups is 2. The Bertz CT molecular complexity index is 258. The van der Waals surface area contributed by atoms with Gasteiger partial charge in [-0.15, -0.1) is 0 Å². The Morgan fingerprint density at radius 1 is 1.24 bits per heavy atom. The van der Waals surface area contributed by atoms with E-state index in [1.54, 1.807) is 20.8 Å². The van der Waals surface area contributed by atoms with Crippen LogP contribution < -0.4 is 0 Å². The van der Waals surface area contributed by atoms with Gasteiger partial charge in [-0.05, 0) is 20.3 Å². The zero-order valence-electron chi connectivity index (χ0n) is 11.1. The molecule has 0 heterocycles. The Hall–Kier alpha value is -1.10. The number of hydrogen-bond donors (Lipinski definition) is 1. The molecular formula is C12H22O5. The Morgan fingerprint density at radius 3 is 2.06 bits per heavy atom. The number of carboxylic acid groups (broad SMARTS) is 1. The third kappa shape index (κ3) is 4.73. The van der Waals surface area contributed by atoms with Crippen LogP contribution in [-0.2, 0) is 19.1 Å². The summed E-state index contributed by atoms with van der Waals surface area (Å²) in [6.07, 6.45) is -0.198. The highest BCUT2D eigenvalue weighted by molar-refractivity contribution is 5.81. The van der Waals surface area contributed by atoms with Crippen LogP contribution in [0.25, 0.3) is 0 Å². The number of esters is 1. The normalized spacial score (nSPS) is 16.4. The molecule has 0 spiro atoms. The molecule has 0 aliphatic carbocycles. The topological polar surface area (TPSA) is 72.8 Å². The first-order valence-corrected chi connectivity index (χ1v) is 5.81. The number of rotatable bonds is 7. The fourth-order valence-corrected chi connectivity index (χ4v) is 1.75. The molecule has 17 heavy (non-hydrogen) atoms. The predicted octanol–water partition coefficient (Wildman–Crippen LogP) is 1.70. The number of carbonyl (C=O) groups excluding carboxylic acids is 1. The summed E-state index contributed by atoms with van der Waals surface area (Å²) in [5.41, 5.74) is 0. The zero-order valence-corrected chi connectivity index (χ0v) is 11.1. The van der Waals surface area contributed by atoms with Crippen LogP contribution in [0.4, 0.5) is 0 Å². The second-order valence-corrected chi connectivity index (χ2v) is 4.32. The fourth-order valence-electron chi connectivity index (χ4n) is 1.75. The summed E-state index contributed by atoms with van der Waals surface area (Å²) in [7, 11) is 1.45. The molecule has 0 bridgehead atoms. The number of hydrogen-bond acceptors (Lipinski definition) is 4. The van der Waals surface area contributed by atoms with E-state index in [2.05, 4.69) is 0 Å². The van der Waals surface area contributed by atoms with Crippen molar-refractivity contribution in [3.05, 3.63) is 0 Å². The van der Waals surface area contributed by atoms with E-state index in [0.29, 0.717) is 6.42 Å². The van der Waals surface area contributed by atoms with Crippen LogP contribution in [-0.4, -0.2) is 36.4 Å². The van der Waals surface area contributed by atoms with Crippen molar-refractivity contribution in [2.45, 2.75) is 46.3 Å². The highest BCUT2D eigenvalue weighted by Crippen LogP contribution is 2.22. The van der Waals surface area contributed by atoms with Gasteiger partial charge >= 0.3 is 11.9 Å². The SMILES string of the molecule is CCC(OC)C(C(=O)O)C(C)C(=O)OC(C)C. The summed E-state index contributed by atoms with van der Waals surface area (Å²) >= 11 is 0. The van der Waals surface area contributed by atoms with E-state index in [9.17, 15) is 14.7 Å². The number of aliphatic carboxylic acids is 1. The van der Waals surface area contributed by atoms with Gasteiger partial charge in [0.2, 0.25) is 0 Å². The summed E-state index contributed by atoms with van der Waals surface area (Å²) in [6.45, 7) is 6.85. The molecule has 1 N–H and O–H groups in total. The predicted molar refractivity (Wildman–Crippen MR) is 62.6 cm³/mol. The highest BCUT2D eigenvalue weighted by Gasteiger charge is 2.37. The average Bonchev–Trinajstić information content (AvgIpc) is 2.23. The van der Waals surface area contributed by atoms with Gasteiger partial charge in [0, 0.05) is 7.11 Å². The monoisotopic (exact) mass is 246 g/mol. The quantitative estimate of drug-likeness (QED) is 0.692. The Morgan fingerprint density at radius 2 is 1.76 bits per heavy atom. The van der Waals surface area contributed by atoms with Gasteiger partial charge in [-0.25, -0.2) is 0 Å². The summed E-state index contributed by atoms with van der Waals surface area (Å²) in [6, 6.07) is 0. The van der Waals surface area contributed by atoms with Crippen molar-refractivity contribution < 1.29 is 24.2 Å². The third-order valence-electron chi connectivity index (χ3n) is 2.65. The third-order valence-corrected chi connectivity index (χ3v) is 2.65. The molecule has 0 aromatic heterocycles. The molecule has 0 aliphatic rings. The molecule has 0 amide bonds. The minimum Gasteiger partial charge on any atom is -0.481 e. The summed E-state index contributed by atoms with van der Waals surface area (Å²) in [5.74, 6) is -3.13. The van der Waals surface area contributed by atoms with Gasteiger partial charge in [0.15, 0.2) is 0 Å². The van der Waals surface area contributed by atoms with Crippen LogP contribution in [0.15, 0.2) is 0 Å². The molecule has 0 saturated heterocycles. The van der Waals surface area contributed by atoms with Crippen molar-refractivity contribution in [1.29, 1.82) is 0 Å². The molecule has 0 aromatic carbocycles. The van der Waals surface area contributed by atoms with Crippen LogP contribution in [0.2, 0.25) is 0 Å². The van der Waals surface area contributed by atoms with E-state index in [1.807, 2.05) is 6.92 Å². The summed E-state index contributed by atoms with van der Waals surface area (Å²) in [5, 5.41) is 9.17. The van der Waals surface area contributed by atoms with Crippen LogP contribution in [0.1, 0.15) is 34.1 Å². The van der Waals surface area contributed by atoms with Crippen LogP contribution >= 0.6 is 0 Å². The highest BCUT2D eigenvalue weighted by atomic mass is 16.5. The molecule has 0 rings (SSSR count). The van der Waals surface area contributed by atoms with Gasteiger partial charge in [-0.1, -0.05) is 13.8 Å². The van der Waals surface area contributed by atoms with Gasteiger partial charge in [-0.3, -0.25) is 9.59 Å². The maximum absolute atomic E-state index is 11.7. The van der Waals surface area contributed by atoms with Crippen molar-refractivity contribution in [2.75, 3.05) is 7.11 Å². The molecule has 100 valence electrons. The average molecular weight is 246 g/mol. The number of carboxylic acids is 1. The van der Waals surface area contributed by atoms with Gasteiger partial charge in [0.25, 0.3) is 0 Å². The largest absolute Gasteiger partial charge is 0.481 e. The van der Waals surface area contributed by atoms with Crippen molar-refractivity contribution in [2.24, 2.45) is 11.8 Å². The number of methoxy groups -OCH3 is 1. The Labute approximate surface area is 102 Å². The van der Waals surface area contributed by atoms with E-state index in [1.165, 1.54) is 7.11 Å². The summed E-state index contributed by atoms with van der Waals surface area (Å²) < 4.78 is 10.1. The molecule has 5 heteroatoms. The lowest BCUT2D eigenvalue weighted by atomic mass is 9.87. The first-order valence-electron chi connectivity index (χ1n) is 5.81. The van der Waals surface area contributed by atoms with E-state index < -0.39 is 29.9 Å². The fraction of sp³-hybridized carbons (Fsp3) is 0.833. The van der Waals surface area contributed by atoms with Gasteiger partial charge in [0.05, 0.1) is 24.0 Å². The van der Waals surface area contributed by atoms with Crippen LogP contribution in [0.3, 0.4) is 0 Å². The first-order chi connectivity index (χ1) is 7.84. The van der Waals surface area contributed by atoms with Crippen molar-refractivity contribution in [3.8, 4) is 0 Å². The van der Waals surface area contributed by atoms with Crippen LogP contribution in [0, 0.1) is 11.8 Å². The zero-order chi connectivity index (χ0) is 13.6. The van der Waals surface area contributed by atoms with E-state index in [0.717, 1.165) is 0 Å². The number of ether oxygens (including phenoxy) is 2. The molecule has 5 nitrogen and oxygen atoms in total. The maximum Gasteiger partial charge on any atom is 0.310 e. The lowest BCUT2D eigenvalue weighted by Crippen LogP contribution is -2.39. The first kappa shape index (κ1) is 15.9. The van der Waals surface area contributed by atoms with E-state index >= 15 is 0 Å². The lowest BCUT2D eigenvalue weighted by Gasteiger charge is -2.26. The molecule has 0 saturated carbocycles. The van der Waals surface area contributed by atoms with Crippen molar-refractivity contribution in [1.82, 2.24) is 0 Å².